The molecule has 1 N–H and O–H groups in total. The number of thiazole rings is 1. The maximum absolute atomic E-state index is 13.7. The largest absolute Gasteiger partial charge is 0.375 e. The monoisotopic (exact) mass is 236 g/mol. The number of benzene rings is 1. The van der Waals surface area contributed by atoms with E-state index >= 15 is 0 Å². The fraction of sp³-hybridized carbons (Fsp3) is 0.250. The summed E-state index contributed by atoms with van der Waals surface area (Å²) in [6, 6.07) is 5.36. The van der Waals surface area contributed by atoms with Crippen molar-refractivity contribution in [2.45, 2.75) is 19.9 Å². The summed E-state index contributed by atoms with van der Waals surface area (Å²) in [5.74, 6) is -0.190. The van der Waals surface area contributed by atoms with E-state index in [1.807, 2.05) is 18.4 Å². The second kappa shape index (κ2) is 4.61. The smallest absolute Gasteiger partial charge is 0.149 e. The average molecular weight is 236 g/mol. The molecule has 2 rings (SSSR count). The Morgan fingerprint density at radius 1 is 1.44 bits per heavy atom. The van der Waals surface area contributed by atoms with E-state index in [2.05, 4.69) is 10.3 Å². The molecule has 0 aliphatic carbocycles. The molecule has 2 aromatic rings. The molecule has 0 spiro atoms. The average Bonchev–Trinajstić information content (AvgIpc) is 2.78. The van der Waals surface area contributed by atoms with Gasteiger partial charge in [0.05, 0.1) is 22.9 Å². The Labute approximate surface area is 98.2 Å². The zero-order valence-electron chi connectivity index (χ0n) is 9.20. The third-order valence-electron chi connectivity index (χ3n) is 2.46. The minimum absolute atomic E-state index is 0.0162. The van der Waals surface area contributed by atoms with Crippen LogP contribution in [0, 0.1) is 12.7 Å². The molecule has 0 fully saturated rings. The Hall–Kier alpha value is -1.42. The van der Waals surface area contributed by atoms with Crippen LogP contribution in [0.5, 0.6) is 0 Å². The highest BCUT2D eigenvalue weighted by atomic mass is 32.1. The van der Waals surface area contributed by atoms with Crippen molar-refractivity contribution in [3.05, 3.63) is 46.2 Å². The first-order valence-corrected chi connectivity index (χ1v) is 6.02. The third kappa shape index (κ3) is 2.22. The third-order valence-corrected chi connectivity index (χ3v) is 3.06. The van der Waals surface area contributed by atoms with Crippen molar-refractivity contribution in [2.24, 2.45) is 0 Å². The van der Waals surface area contributed by atoms with Gasteiger partial charge in [-0.05, 0) is 25.5 Å². The number of hydrogen-bond donors (Lipinski definition) is 1. The first-order chi connectivity index (χ1) is 7.68. The van der Waals surface area contributed by atoms with Crippen molar-refractivity contribution < 1.29 is 4.39 Å². The summed E-state index contributed by atoms with van der Waals surface area (Å²) >= 11 is 1.54. The maximum Gasteiger partial charge on any atom is 0.149 e. The summed E-state index contributed by atoms with van der Waals surface area (Å²) < 4.78 is 13.7. The van der Waals surface area contributed by atoms with Crippen LogP contribution in [0.1, 0.15) is 24.2 Å². The fourth-order valence-electron chi connectivity index (χ4n) is 1.50. The number of halogens is 1. The van der Waals surface area contributed by atoms with E-state index < -0.39 is 0 Å². The van der Waals surface area contributed by atoms with E-state index in [0.29, 0.717) is 11.3 Å². The second-order valence-corrected chi connectivity index (χ2v) is 4.43. The normalized spacial score (nSPS) is 12.4. The number of hydrogen-bond acceptors (Lipinski definition) is 3. The van der Waals surface area contributed by atoms with E-state index in [0.717, 1.165) is 5.69 Å². The van der Waals surface area contributed by atoms with Gasteiger partial charge < -0.3 is 5.32 Å². The van der Waals surface area contributed by atoms with Crippen LogP contribution in [-0.4, -0.2) is 4.98 Å². The van der Waals surface area contributed by atoms with Gasteiger partial charge in [-0.1, -0.05) is 12.1 Å². The minimum Gasteiger partial charge on any atom is -0.375 e. The van der Waals surface area contributed by atoms with Crippen molar-refractivity contribution in [1.29, 1.82) is 0 Å². The Bertz CT molecular complexity index is 468. The van der Waals surface area contributed by atoms with Gasteiger partial charge in [0.25, 0.3) is 0 Å². The number of nitrogens with one attached hydrogen (secondary N) is 1. The van der Waals surface area contributed by atoms with Crippen LogP contribution in [0.25, 0.3) is 0 Å². The van der Waals surface area contributed by atoms with E-state index in [1.165, 1.54) is 0 Å². The Morgan fingerprint density at radius 2 is 2.25 bits per heavy atom. The highest BCUT2D eigenvalue weighted by molar-refractivity contribution is 7.07. The van der Waals surface area contributed by atoms with Crippen molar-refractivity contribution in [3.63, 3.8) is 0 Å². The Kier molecular flexibility index (Phi) is 3.19. The summed E-state index contributed by atoms with van der Waals surface area (Å²) in [5.41, 5.74) is 3.89. The molecule has 1 atom stereocenters. The lowest BCUT2D eigenvalue weighted by Gasteiger charge is -2.14. The van der Waals surface area contributed by atoms with Crippen LogP contribution in [-0.2, 0) is 0 Å². The second-order valence-electron chi connectivity index (χ2n) is 3.72. The molecule has 2 nitrogen and oxygen atoms in total. The molecule has 16 heavy (non-hydrogen) atoms. The van der Waals surface area contributed by atoms with E-state index in [-0.39, 0.29) is 11.9 Å². The van der Waals surface area contributed by atoms with Gasteiger partial charge in [0.15, 0.2) is 0 Å². The number of aromatic nitrogens is 1. The minimum atomic E-state index is -0.190. The predicted octanol–water partition coefficient (Wildman–Crippen LogP) is 3.76. The molecule has 0 saturated carbocycles. The molecular weight excluding hydrogens is 223 g/mol. The van der Waals surface area contributed by atoms with Crippen molar-refractivity contribution >= 4 is 17.0 Å². The summed E-state index contributed by atoms with van der Waals surface area (Å²) in [6.45, 7) is 3.73. The quantitative estimate of drug-likeness (QED) is 0.877. The van der Waals surface area contributed by atoms with Crippen LogP contribution in [0.3, 0.4) is 0 Å². The molecule has 0 aliphatic heterocycles. The fourth-order valence-corrected chi connectivity index (χ4v) is 2.15. The van der Waals surface area contributed by atoms with Gasteiger partial charge in [-0.15, -0.1) is 11.3 Å². The molecule has 1 aromatic heterocycles. The molecule has 84 valence electrons. The van der Waals surface area contributed by atoms with Gasteiger partial charge in [-0.3, -0.25) is 0 Å². The van der Waals surface area contributed by atoms with Gasteiger partial charge in [0.2, 0.25) is 0 Å². The van der Waals surface area contributed by atoms with Crippen LogP contribution < -0.4 is 5.32 Å². The number of nitrogens with zero attached hydrogens (tertiary/aromatic N) is 1. The Balaban J connectivity index is 2.18. The summed E-state index contributed by atoms with van der Waals surface area (Å²) in [7, 11) is 0. The maximum atomic E-state index is 13.7. The van der Waals surface area contributed by atoms with E-state index in [9.17, 15) is 4.39 Å². The summed E-state index contributed by atoms with van der Waals surface area (Å²) in [4.78, 5) is 4.20. The van der Waals surface area contributed by atoms with Crippen molar-refractivity contribution in [1.82, 2.24) is 4.98 Å². The SMILES string of the molecule is Cc1cccc(NC(C)c2cscn2)c1F. The van der Waals surface area contributed by atoms with Crippen molar-refractivity contribution in [2.75, 3.05) is 5.32 Å². The van der Waals surface area contributed by atoms with Crippen LogP contribution in [0.15, 0.2) is 29.1 Å². The molecule has 4 heteroatoms. The number of anilines is 1. The van der Waals surface area contributed by atoms with Gasteiger partial charge >= 0.3 is 0 Å². The van der Waals surface area contributed by atoms with Crippen LogP contribution in [0.2, 0.25) is 0 Å². The van der Waals surface area contributed by atoms with Crippen molar-refractivity contribution in [3.8, 4) is 0 Å². The standard InChI is InChI=1S/C12H13FN2S/c1-8-4-3-5-10(12(8)13)15-9(2)11-6-16-7-14-11/h3-7,9,15H,1-2H3. The Morgan fingerprint density at radius 3 is 2.94 bits per heavy atom. The van der Waals surface area contributed by atoms with Gasteiger partial charge in [0.1, 0.15) is 5.82 Å². The lowest BCUT2D eigenvalue weighted by Crippen LogP contribution is -2.08. The van der Waals surface area contributed by atoms with E-state index in [4.69, 9.17) is 0 Å². The highest BCUT2D eigenvalue weighted by Crippen LogP contribution is 2.23. The molecule has 0 amide bonds. The zero-order chi connectivity index (χ0) is 11.5. The molecule has 0 aliphatic rings. The van der Waals surface area contributed by atoms with Crippen LogP contribution >= 0.6 is 11.3 Å². The first-order valence-electron chi connectivity index (χ1n) is 5.08. The zero-order valence-corrected chi connectivity index (χ0v) is 10.0. The summed E-state index contributed by atoms with van der Waals surface area (Å²) in [5, 5.41) is 5.09. The lowest BCUT2D eigenvalue weighted by atomic mass is 10.2. The molecule has 0 bridgehead atoms. The highest BCUT2D eigenvalue weighted by Gasteiger charge is 2.10. The molecule has 1 unspecified atom stereocenters. The molecule has 0 saturated heterocycles. The molecule has 1 aromatic carbocycles. The van der Waals surface area contributed by atoms with Crippen LogP contribution in [0.4, 0.5) is 10.1 Å². The summed E-state index contributed by atoms with van der Waals surface area (Å²) in [6.07, 6.45) is 0. The number of aryl methyl sites for hydroxylation is 1. The first kappa shape index (κ1) is 11.1. The molecular formula is C12H13FN2S. The van der Waals surface area contributed by atoms with Gasteiger partial charge in [0, 0.05) is 5.38 Å². The topological polar surface area (TPSA) is 24.9 Å². The molecule has 1 heterocycles. The predicted molar refractivity (Wildman–Crippen MR) is 65.3 cm³/mol. The van der Waals surface area contributed by atoms with Gasteiger partial charge in [-0.2, -0.15) is 0 Å². The lowest BCUT2D eigenvalue weighted by molar-refractivity contribution is 0.618. The number of rotatable bonds is 3. The molecule has 0 radical (unpaired) electrons. The van der Waals surface area contributed by atoms with E-state index in [1.54, 1.807) is 35.9 Å². The van der Waals surface area contributed by atoms with Gasteiger partial charge in [-0.25, -0.2) is 9.37 Å².